The molecule has 2 aromatic rings. The number of carboxylic acids is 1. The Balaban J connectivity index is 1.98. The van der Waals surface area contributed by atoms with E-state index in [2.05, 4.69) is 0 Å². The van der Waals surface area contributed by atoms with Crippen LogP contribution in [0.1, 0.15) is 40.2 Å². The van der Waals surface area contributed by atoms with Crippen molar-refractivity contribution in [1.29, 1.82) is 0 Å². The highest BCUT2D eigenvalue weighted by Crippen LogP contribution is 2.32. The standard InChI is InChI=1S/C15H15NO2S/c17-15(18)11-6-4-5-10(9-11)14-16-12-7-2-1-3-8-13(12)19-14/h4-6,9H,1-3,7-8H2,(H,17,18). The minimum Gasteiger partial charge on any atom is -0.478 e. The van der Waals surface area contributed by atoms with Gasteiger partial charge in [0.05, 0.1) is 11.3 Å². The molecule has 4 heteroatoms. The second-order valence-electron chi connectivity index (χ2n) is 4.84. The summed E-state index contributed by atoms with van der Waals surface area (Å²) in [5.74, 6) is -0.889. The lowest BCUT2D eigenvalue weighted by atomic mass is 10.1. The van der Waals surface area contributed by atoms with Crippen molar-refractivity contribution in [2.24, 2.45) is 0 Å². The summed E-state index contributed by atoms with van der Waals surface area (Å²) in [5, 5.41) is 9.99. The van der Waals surface area contributed by atoms with Gasteiger partial charge < -0.3 is 5.11 Å². The molecule has 3 rings (SSSR count). The number of benzene rings is 1. The summed E-state index contributed by atoms with van der Waals surface area (Å²) in [4.78, 5) is 17.1. The molecular formula is C15H15NO2S. The maximum Gasteiger partial charge on any atom is 0.335 e. The third-order valence-electron chi connectivity index (χ3n) is 3.45. The van der Waals surface area contributed by atoms with Gasteiger partial charge in [-0.25, -0.2) is 9.78 Å². The predicted octanol–water partition coefficient (Wildman–Crippen LogP) is 3.78. The smallest absolute Gasteiger partial charge is 0.335 e. The Morgan fingerprint density at radius 1 is 1.21 bits per heavy atom. The van der Waals surface area contributed by atoms with Crippen LogP contribution < -0.4 is 0 Å². The van der Waals surface area contributed by atoms with Gasteiger partial charge in [-0.2, -0.15) is 0 Å². The fourth-order valence-corrected chi connectivity index (χ4v) is 3.58. The van der Waals surface area contributed by atoms with Gasteiger partial charge >= 0.3 is 5.97 Å². The van der Waals surface area contributed by atoms with E-state index in [1.54, 1.807) is 29.5 Å². The Labute approximate surface area is 115 Å². The molecule has 3 nitrogen and oxygen atoms in total. The lowest BCUT2D eigenvalue weighted by Gasteiger charge is -1.99. The Hall–Kier alpha value is -1.68. The van der Waals surface area contributed by atoms with E-state index >= 15 is 0 Å². The topological polar surface area (TPSA) is 50.2 Å². The van der Waals surface area contributed by atoms with Crippen LogP contribution in [-0.2, 0) is 12.8 Å². The largest absolute Gasteiger partial charge is 0.478 e. The quantitative estimate of drug-likeness (QED) is 0.847. The SMILES string of the molecule is O=C(O)c1cccc(-c2nc3c(s2)CCCCC3)c1. The molecule has 1 aromatic heterocycles. The van der Waals surface area contributed by atoms with Crippen LogP contribution in [0.3, 0.4) is 0 Å². The third kappa shape index (κ3) is 2.54. The Kier molecular flexibility index (Phi) is 3.34. The van der Waals surface area contributed by atoms with Crippen LogP contribution in [0.2, 0.25) is 0 Å². The zero-order chi connectivity index (χ0) is 13.2. The van der Waals surface area contributed by atoms with E-state index in [1.807, 2.05) is 6.07 Å². The molecule has 0 aliphatic heterocycles. The average Bonchev–Trinajstić information content (AvgIpc) is 2.70. The van der Waals surface area contributed by atoms with Crippen molar-refractivity contribution in [1.82, 2.24) is 4.98 Å². The molecule has 0 fully saturated rings. The number of thiazole rings is 1. The monoisotopic (exact) mass is 273 g/mol. The highest BCUT2D eigenvalue weighted by atomic mass is 32.1. The molecule has 1 N–H and O–H groups in total. The predicted molar refractivity (Wildman–Crippen MR) is 75.8 cm³/mol. The number of hydrogen-bond donors (Lipinski definition) is 1. The summed E-state index contributed by atoms with van der Waals surface area (Å²) in [5.41, 5.74) is 2.46. The highest BCUT2D eigenvalue weighted by molar-refractivity contribution is 7.15. The summed E-state index contributed by atoms with van der Waals surface area (Å²) >= 11 is 1.72. The van der Waals surface area contributed by atoms with E-state index in [0.717, 1.165) is 23.4 Å². The van der Waals surface area contributed by atoms with Crippen LogP contribution in [0.15, 0.2) is 24.3 Å². The fourth-order valence-electron chi connectivity index (χ4n) is 2.44. The molecule has 0 unspecified atom stereocenters. The van der Waals surface area contributed by atoms with Crippen molar-refractivity contribution in [3.05, 3.63) is 40.4 Å². The summed E-state index contributed by atoms with van der Waals surface area (Å²) in [6.07, 6.45) is 5.91. The van der Waals surface area contributed by atoms with Gasteiger partial charge in [0.1, 0.15) is 5.01 Å². The molecular weight excluding hydrogens is 258 g/mol. The van der Waals surface area contributed by atoms with E-state index in [0.29, 0.717) is 5.56 Å². The van der Waals surface area contributed by atoms with Crippen LogP contribution in [-0.4, -0.2) is 16.1 Å². The molecule has 0 bridgehead atoms. The fraction of sp³-hybridized carbons (Fsp3) is 0.333. The molecule has 0 saturated carbocycles. The first kappa shape index (κ1) is 12.4. The molecule has 19 heavy (non-hydrogen) atoms. The minimum absolute atomic E-state index is 0.322. The number of rotatable bonds is 2. The maximum atomic E-state index is 11.0. The number of fused-ring (bicyclic) bond motifs is 1. The van der Waals surface area contributed by atoms with Gasteiger partial charge in [0, 0.05) is 10.4 Å². The van der Waals surface area contributed by atoms with Crippen LogP contribution in [0.5, 0.6) is 0 Å². The number of hydrogen-bond acceptors (Lipinski definition) is 3. The molecule has 0 atom stereocenters. The van der Waals surface area contributed by atoms with E-state index in [9.17, 15) is 4.79 Å². The number of aryl methyl sites for hydroxylation is 2. The van der Waals surface area contributed by atoms with Gasteiger partial charge in [-0.05, 0) is 37.8 Å². The van der Waals surface area contributed by atoms with Gasteiger partial charge in [0.15, 0.2) is 0 Å². The number of nitrogens with zero attached hydrogens (tertiary/aromatic N) is 1. The molecule has 1 aliphatic carbocycles. The van der Waals surface area contributed by atoms with E-state index in [1.165, 1.54) is 29.8 Å². The first-order chi connectivity index (χ1) is 9.24. The Morgan fingerprint density at radius 2 is 2.05 bits per heavy atom. The normalized spacial score (nSPS) is 14.7. The summed E-state index contributed by atoms with van der Waals surface area (Å²) in [7, 11) is 0. The van der Waals surface area contributed by atoms with Crippen LogP contribution in [0.25, 0.3) is 10.6 Å². The zero-order valence-corrected chi connectivity index (χ0v) is 11.4. The van der Waals surface area contributed by atoms with E-state index in [-0.39, 0.29) is 0 Å². The van der Waals surface area contributed by atoms with Gasteiger partial charge in [0.25, 0.3) is 0 Å². The van der Waals surface area contributed by atoms with Gasteiger partial charge in [-0.3, -0.25) is 0 Å². The molecule has 0 amide bonds. The number of aromatic carboxylic acids is 1. The number of aromatic nitrogens is 1. The molecule has 98 valence electrons. The van der Waals surface area contributed by atoms with Crippen LogP contribution in [0, 0.1) is 0 Å². The van der Waals surface area contributed by atoms with Crippen molar-refractivity contribution < 1.29 is 9.90 Å². The maximum absolute atomic E-state index is 11.0. The second-order valence-corrected chi connectivity index (χ2v) is 5.92. The summed E-state index contributed by atoms with van der Waals surface area (Å²) in [6.45, 7) is 0. The zero-order valence-electron chi connectivity index (χ0n) is 10.6. The number of carbonyl (C=O) groups is 1. The summed E-state index contributed by atoms with van der Waals surface area (Å²) < 4.78 is 0. The molecule has 0 saturated heterocycles. The van der Waals surface area contributed by atoms with Gasteiger partial charge in [-0.1, -0.05) is 18.6 Å². The molecule has 0 spiro atoms. The molecule has 1 heterocycles. The third-order valence-corrected chi connectivity index (χ3v) is 4.66. The Morgan fingerprint density at radius 3 is 2.89 bits per heavy atom. The van der Waals surface area contributed by atoms with Gasteiger partial charge in [-0.15, -0.1) is 11.3 Å². The average molecular weight is 273 g/mol. The van der Waals surface area contributed by atoms with Crippen molar-refractivity contribution in [2.75, 3.05) is 0 Å². The minimum atomic E-state index is -0.889. The first-order valence-electron chi connectivity index (χ1n) is 6.56. The molecule has 1 aliphatic rings. The van der Waals surface area contributed by atoms with Crippen molar-refractivity contribution >= 4 is 17.3 Å². The number of carboxylic acid groups (broad SMARTS) is 1. The molecule has 1 aromatic carbocycles. The summed E-state index contributed by atoms with van der Waals surface area (Å²) in [6, 6.07) is 7.04. The molecule has 0 radical (unpaired) electrons. The lowest BCUT2D eigenvalue weighted by Crippen LogP contribution is -1.95. The Bertz CT molecular complexity index is 595. The van der Waals surface area contributed by atoms with Crippen LogP contribution >= 0.6 is 11.3 Å². The second kappa shape index (κ2) is 5.13. The van der Waals surface area contributed by atoms with Crippen LogP contribution in [0.4, 0.5) is 0 Å². The van der Waals surface area contributed by atoms with Crippen molar-refractivity contribution in [3.63, 3.8) is 0 Å². The van der Waals surface area contributed by atoms with Crippen molar-refractivity contribution in [2.45, 2.75) is 32.1 Å². The van der Waals surface area contributed by atoms with E-state index < -0.39 is 5.97 Å². The van der Waals surface area contributed by atoms with Crippen molar-refractivity contribution in [3.8, 4) is 10.6 Å². The highest BCUT2D eigenvalue weighted by Gasteiger charge is 2.15. The van der Waals surface area contributed by atoms with E-state index in [4.69, 9.17) is 10.1 Å². The van der Waals surface area contributed by atoms with Gasteiger partial charge in [0.2, 0.25) is 0 Å². The lowest BCUT2D eigenvalue weighted by molar-refractivity contribution is 0.0697. The first-order valence-corrected chi connectivity index (χ1v) is 7.38.